The van der Waals surface area contributed by atoms with E-state index in [2.05, 4.69) is 5.32 Å². The molecule has 2 aliphatic rings. The number of likely N-dealkylation sites (tertiary alicyclic amines) is 1. The molecule has 1 aromatic carbocycles. The number of nitrogens with one attached hydrogen (secondary N) is 1. The maximum absolute atomic E-state index is 13.2. The third-order valence-electron chi connectivity index (χ3n) is 4.57. The van der Waals surface area contributed by atoms with E-state index in [0.717, 1.165) is 19.3 Å². The molecular formula is C20H28N2O5. The fraction of sp³-hybridized carbons (Fsp3) is 0.600. The molecule has 0 saturated carbocycles. The SMILES string of the molecule is CC(C)(C)OC(=O)NCC1CCCCN1C(=O)c1cccc2c1OCCO2. The number of hydrogen-bond donors (Lipinski definition) is 1. The maximum Gasteiger partial charge on any atom is 0.407 e. The van der Waals surface area contributed by atoms with Crippen molar-refractivity contribution in [3.05, 3.63) is 23.8 Å². The van der Waals surface area contributed by atoms with Crippen molar-refractivity contribution < 1.29 is 23.8 Å². The van der Waals surface area contributed by atoms with Crippen LogP contribution in [0, 0.1) is 0 Å². The number of fused-ring (bicyclic) bond motifs is 1. The van der Waals surface area contributed by atoms with Crippen LogP contribution in [0.3, 0.4) is 0 Å². The number of nitrogens with zero attached hydrogens (tertiary/aromatic N) is 1. The predicted molar refractivity (Wildman–Crippen MR) is 100 cm³/mol. The number of benzene rings is 1. The van der Waals surface area contributed by atoms with Gasteiger partial charge in [-0.15, -0.1) is 0 Å². The number of carbonyl (C=O) groups is 2. The molecule has 2 amide bonds. The molecule has 7 heteroatoms. The summed E-state index contributed by atoms with van der Waals surface area (Å²) in [6.45, 7) is 7.41. The standard InChI is InChI=1S/C20H28N2O5/c1-20(2,3)27-19(24)21-13-14-7-4-5-10-22(14)18(23)15-8-6-9-16-17(15)26-12-11-25-16/h6,8-9,14H,4-5,7,10-13H2,1-3H3,(H,21,24). The molecule has 148 valence electrons. The third-order valence-corrected chi connectivity index (χ3v) is 4.57. The van der Waals surface area contributed by atoms with Crippen LogP contribution in [0.25, 0.3) is 0 Å². The lowest BCUT2D eigenvalue weighted by molar-refractivity contribution is 0.0460. The van der Waals surface area contributed by atoms with E-state index >= 15 is 0 Å². The van der Waals surface area contributed by atoms with E-state index in [1.165, 1.54) is 0 Å². The van der Waals surface area contributed by atoms with Gasteiger partial charge in [0.1, 0.15) is 18.8 Å². The fourth-order valence-electron chi connectivity index (χ4n) is 3.39. The van der Waals surface area contributed by atoms with E-state index in [1.54, 1.807) is 12.1 Å². The molecule has 1 atom stereocenters. The van der Waals surface area contributed by atoms with Gasteiger partial charge >= 0.3 is 6.09 Å². The number of ether oxygens (including phenoxy) is 3. The van der Waals surface area contributed by atoms with Gasteiger partial charge in [-0.3, -0.25) is 4.79 Å². The van der Waals surface area contributed by atoms with Crippen molar-refractivity contribution >= 4 is 12.0 Å². The van der Waals surface area contributed by atoms with Crippen LogP contribution in [0.15, 0.2) is 18.2 Å². The number of amides is 2. The van der Waals surface area contributed by atoms with Crippen LogP contribution in [-0.2, 0) is 4.74 Å². The van der Waals surface area contributed by atoms with Crippen molar-refractivity contribution in [3.8, 4) is 11.5 Å². The van der Waals surface area contributed by atoms with Crippen molar-refractivity contribution in [1.29, 1.82) is 0 Å². The van der Waals surface area contributed by atoms with Crippen LogP contribution in [-0.4, -0.2) is 54.8 Å². The average molecular weight is 376 g/mol. The van der Waals surface area contributed by atoms with Crippen molar-refractivity contribution in [2.45, 2.75) is 51.7 Å². The lowest BCUT2D eigenvalue weighted by Gasteiger charge is -2.36. The van der Waals surface area contributed by atoms with Crippen LogP contribution in [0.4, 0.5) is 4.79 Å². The number of para-hydroxylation sites is 1. The fourth-order valence-corrected chi connectivity index (χ4v) is 3.39. The van der Waals surface area contributed by atoms with Gasteiger partial charge in [-0.1, -0.05) is 6.07 Å². The molecule has 27 heavy (non-hydrogen) atoms. The summed E-state index contributed by atoms with van der Waals surface area (Å²) < 4.78 is 16.6. The predicted octanol–water partition coefficient (Wildman–Crippen LogP) is 2.98. The summed E-state index contributed by atoms with van der Waals surface area (Å²) in [6.07, 6.45) is 2.35. The molecular weight excluding hydrogens is 348 g/mol. The summed E-state index contributed by atoms with van der Waals surface area (Å²) in [5.74, 6) is 1.03. The van der Waals surface area contributed by atoms with Gasteiger partial charge in [-0.05, 0) is 52.2 Å². The van der Waals surface area contributed by atoms with Crippen molar-refractivity contribution in [2.24, 2.45) is 0 Å². The lowest BCUT2D eigenvalue weighted by Crippen LogP contribution is -2.50. The highest BCUT2D eigenvalue weighted by Gasteiger charge is 2.31. The number of carbonyl (C=O) groups excluding carboxylic acids is 2. The highest BCUT2D eigenvalue weighted by Crippen LogP contribution is 2.35. The first-order chi connectivity index (χ1) is 12.8. The van der Waals surface area contributed by atoms with Crippen LogP contribution in [0.5, 0.6) is 11.5 Å². The number of piperidine rings is 1. The highest BCUT2D eigenvalue weighted by molar-refractivity contribution is 5.98. The zero-order valence-corrected chi connectivity index (χ0v) is 16.2. The van der Waals surface area contributed by atoms with Crippen LogP contribution in [0.2, 0.25) is 0 Å². The Kier molecular flexibility index (Phi) is 5.77. The first kappa shape index (κ1) is 19.3. The Morgan fingerprint density at radius 1 is 1.22 bits per heavy atom. The second-order valence-electron chi connectivity index (χ2n) is 7.86. The van der Waals surface area contributed by atoms with Crippen molar-refractivity contribution in [1.82, 2.24) is 10.2 Å². The van der Waals surface area contributed by atoms with Gasteiger partial charge in [0.15, 0.2) is 11.5 Å². The average Bonchev–Trinajstić information content (AvgIpc) is 2.64. The largest absolute Gasteiger partial charge is 0.486 e. The minimum atomic E-state index is -0.549. The van der Waals surface area contributed by atoms with Crippen molar-refractivity contribution in [3.63, 3.8) is 0 Å². The Balaban J connectivity index is 1.70. The summed E-state index contributed by atoms with van der Waals surface area (Å²) in [6, 6.07) is 5.31. The van der Waals surface area contributed by atoms with Gasteiger partial charge in [0.25, 0.3) is 5.91 Å². The molecule has 1 fully saturated rings. The zero-order chi connectivity index (χ0) is 19.4. The Hall–Kier alpha value is -2.44. The zero-order valence-electron chi connectivity index (χ0n) is 16.2. The molecule has 1 unspecified atom stereocenters. The molecule has 1 N–H and O–H groups in total. The first-order valence-electron chi connectivity index (χ1n) is 9.51. The van der Waals surface area contributed by atoms with E-state index < -0.39 is 11.7 Å². The first-order valence-corrected chi connectivity index (χ1v) is 9.51. The molecule has 3 rings (SSSR count). The van der Waals surface area contributed by atoms with Crippen LogP contribution < -0.4 is 14.8 Å². The number of alkyl carbamates (subject to hydrolysis) is 1. The van der Waals surface area contributed by atoms with Crippen LogP contribution in [0.1, 0.15) is 50.4 Å². The van der Waals surface area contributed by atoms with Crippen molar-refractivity contribution in [2.75, 3.05) is 26.3 Å². The van der Waals surface area contributed by atoms with Gasteiger partial charge in [0, 0.05) is 19.1 Å². The van der Waals surface area contributed by atoms with Gasteiger partial charge in [0.2, 0.25) is 0 Å². The smallest absolute Gasteiger partial charge is 0.407 e. The Morgan fingerprint density at radius 2 is 2.00 bits per heavy atom. The van der Waals surface area contributed by atoms with Crippen LogP contribution >= 0.6 is 0 Å². The van der Waals surface area contributed by atoms with E-state index in [9.17, 15) is 9.59 Å². The van der Waals surface area contributed by atoms with E-state index in [1.807, 2.05) is 31.7 Å². The summed E-state index contributed by atoms with van der Waals surface area (Å²) in [5, 5.41) is 2.80. The molecule has 2 heterocycles. The number of rotatable bonds is 3. The monoisotopic (exact) mass is 376 g/mol. The molecule has 0 radical (unpaired) electrons. The molecule has 2 aliphatic heterocycles. The Morgan fingerprint density at radius 3 is 2.78 bits per heavy atom. The Labute approximate surface area is 160 Å². The Bertz CT molecular complexity index is 698. The van der Waals surface area contributed by atoms with E-state index in [0.29, 0.717) is 43.4 Å². The second-order valence-corrected chi connectivity index (χ2v) is 7.86. The lowest BCUT2D eigenvalue weighted by atomic mass is 10.00. The van der Waals surface area contributed by atoms with Gasteiger partial charge in [0.05, 0.1) is 5.56 Å². The normalized spacial score (nSPS) is 19.4. The highest BCUT2D eigenvalue weighted by atomic mass is 16.6. The van der Waals surface area contributed by atoms with Gasteiger partial charge in [-0.2, -0.15) is 0 Å². The molecule has 0 spiro atoms. The summed E-state index contributed by atoms with van der Waals surface area (Å²) in [7, 11) is 0. The molecule has 0 bridgehead atoms. The second kappa shape index (κ2) is 8.06. The van der Waals surface area contributed by atoms with E-state index in [-0.39, 0.29) is 11.9 Å². The summed E-state index contributed by atoms with van der Waals surface area (Å²) in [5.41, 5.74) is -0.0385. The molecule has 1 aromatic rings. The topological polar surface area (TPSA) is 77.1 Å². The molecule has 1 saturated heterocycles. The third kappa shape index (κ3) is 4.84. The summed E-state index contributed by atoms with van der Waals surface area (Å²) in [4.78, 5) is 27.0. The maximum atomic E-state index is 13.2. The minimum Gasteiger partial charge on any atom is -0.486 e. The van der Waals surface area contributed by atoms with E-state index in [4.69, 9.17) is 14.2 Å². The number of hydrogen-bond acceptors (Lipinski definition) is 5. The molecule has 0 aromatic heterocycles. The minimum absolute atomic E-state index is 0.0702. The summed E-state index contributed by atoms with van der Waals surface area (Å²) >= 11 is 0. The quantitative estimate of drug-likeness (QED) is 0.878. The van der Waals surface area contributed by atoms with Gasteiger partial charge < -0.3 is 24.4 Å². The van der Waals surface area contributed by atoms with Gasteiger partial charge in [-0.25, -0.2) is 4.79 Å². The molecule has 0 aliphatic carbocycles. The molecule has 7 nitrogen and oxygen atoms in total.